The van der Waals surface area contributed by atoms with E-state index in [1.54, 1.807) is 15.9 Å². The zero-order chi connectivity index (χ0) is 17.1. The summed E-state index contributed by atoms with van der Waals surface area (Å²) in [6.07, 6.45) is 2.34. The summed E-state index contributed by atoms with van der Waals surface area (Å²) < 4.78 is 1.69. The Morgan fingerprint density at radius 3 is 2.58 bits per heavy atom. The third-order valence-corrected chi connectivity index (χ3v) is 6.08. The Kier molecular flexibility index (Phi) is 5.47. The number of thiazole rings is 2. The number of piperazine rings is 1. The first-order valence-electron chi connectivity index (χ1n) is 8.09. The van der Waals surface area contributed by atoms with Crippen molar-refractivity contribution < 1.29 is 4.79 Å². The molecule has 8 heteroatoms. The van der Waals surface area contributed by atoms with Crippen LogP contribution in [0.1, 0.15) is 22.0 Å². The zero-order valence-electron chi connectivity index (χ0n) is 14.0. The lowest BCUT2D eigenvalue weighted by Crippen LogP contribution is -2.48. The zero-order valence-corrected chi connectivity index (χ0v) is 15.7. The number of carbonyl (C=O) groups is 1. The van der Waals surface area contributed by atoms with E-state index < -0.39 is 0 Å². The van der Waals surface area contributed by atoms with E-state index in [9.17, 15) is 9.59 Å². The van der Waals surface area contributed by atoms with Crippen LogP contribution >= 0.6 is 22.7 Å². The van der Waals surface area contributed by atoms with Crippen LogP contribution in [0.4, 0.5) is 0 Å². The maximum atomic E-state index is 12.4. The summed E-state index contributed by atoms with van der Waals surface area (Å²) >= 11 is 2.93. The molecule has 1 aliphatic heterocycles. The van der Waals surface area contributed by atoms with E-state index in [0.717, 1.165) is 43.4 Å². The van der Waals surface area contributed by atoms with Crippen molar-refractivity contribution in [3.8, 4) is 0 Å². The number of hydrogen-bond donors (Lipinski definition) is 0. The van der Waals surface area contributed by atoms with Crippen LogP contribution in [0.25, 0.3) is 0 Å². The largest absolute Gasteiger partial charge is 0.340 e. The van der Waals surface area contributed by atoms with Crippen molar-refractivity contribution in [1.82, 2.24) is 19.4 Å². The average molecular weight is 367 g/mol. The fourth-order valence-electron chi connectivity index (χ4n) is 2.89. The lowest BCUT2D eigenvalue weighted by Gasteiger charge is -2.34. The molecule has 1 aliphatic rings. The second-order valence-electron chi connectivity index (χ2n) is 6.05. The van der Waals surface area contributed by atoms with Gasteiger partial charge in [-0.3, -0.25) is 14.5 Å². The Balaban J connectivity index is 1.46. The van der Waals surface area contributed by atoms with Crippen molar-refractivity contribution in [2.45, 2.75) is 33.4 Å². The molecule has 2 aromatic rings. The van der Waals surface area contributed by atoms with Crippen LogP contribution in [0.2, 0.25) is 0 Å². The summed E-state index contributed by atoms with van der Waals surface area (Å²) in [7, 11) is 0. The smallest absolute Gasteiger partial charge is 0.307 e. The van der Waals surface area contributed by atoms with Crippen molar-refractivity contribution in [2.24, 2.45) is 0 Å². The topological polar surface area (TPSA) is 58.4 Å². The maximum absolute atomic E-state index is 12.4. The van der Waals surface area contributed by atoms with Crippen molar-refractivity contribution >= 4 is 28.6 Å². The van der Waals surface area contributed by atoms with Crippen LogP contribution in [0.15, 0.2) is 16.4 Å². The Bertz CT molecular complexity index is 756. The number of hydrogen-bond acceptors (Lipinski definition) is 6. The molecule has 1 amide bonds. The molecular weight excluding hydrogens is 344 g/mol. The van der Waals surface area contributed by atoms with Crippen molar-refractivity contribution in [3.63, 3.8) is 0 Å². The molecule has 130 valence electrons. The standard InChI is InChI=1S/C16H22N4O2S2/c1-12-11-23-16(22)20(12)4-3-15(21)19-7-5-18(6-8-19)10-14-9-17-13(2)24-14/h9,11H,3-8,10H2,1-2H3. The molecule has 3 heterocycles. The Hall–Kier alpha value is -1.51. The minimum absolute atomic E-state index is 0.0185. The molecule has 1 fully saturated rings. The van der Waals surface area contributed by atoms with Gasteiger partial charge in [-0.15, -0.1) is 11.3 Å². The lowest BCUT2D eigenvalue weighted by atomic mass is 10.2. The Morgan fingerprint density at radius 1 is 1.25 bits per heavy atom. The van der Waals surface area contributed by atoms with Gasteiger partial charge in [-0.1, -0.05) is 11.3 Å². The molecule has 0 aromatic carbocycles. The first-order valence-corrected chi connectivity index (χ1v) is 9.79. The first kappa shape index (κ1) is 17.3. The molecule has 1 saturated heterocycles. The normalized spacial score (nSPS) is 15.8. The van der Waals surface area contributed by atoms with E-state index in [4.69, 9.17) is 0 Å². The average Bonchev–Trinajstić information content (AvgIpc) is 3.12. The van der Waals surface area contributed by atoms with Crippen molar-refractivity contribution in [3.05, 3.63) is 36.8 Å². The summed E-state index contributed by atoms with van der Waals surface area (Å²) in [5, 5.41) is 2.94. The fraction of sp³-hybridized carbons (Fsp3) is 0.562. The summed E-state index contributed by atoms with van der Waals surface area (Å²) in [6.45, 7) is 8.61. The monoisotopic (exact) mass is 366 g/mol. The number of rotatable bonds is 5. The highest BCUT2D eigenvalue weighted by Gasteiger charge is 2.21. The van der Waals surface area contributed by atoms with Gasteiger partial charge in [0, 0.05) is 67.8 Å². The van der Waals surface area contributed by atoms with E-state index in [2.05, 4.69) is 9.88 Å². The van der Waals surface area contributed by atoms with Gasteiger partial charge in [0.2, 0.25) is 5.91 Å². The number of aryl methyl sites for hydroxylation is 2. The molecule has 6 nitrogen and oxygen atoms in total. The summed E-state index contributed by atoms with van der Waals surface area (Å²) in [5.41, 5.74) is 0.933. The minimum Gasteiger partial charge on any atom is -0.340 e. The molecule has 0 N–H and O–H groups in total. The van der Waals surface area contributed by atoms with Gasteiger partial charge in [0.05, 0.1) is 5.01 Å². The molecule has 0 radical (unpaired) electrons. The number of aromatic nitrogens is 2. The van der Waals surface area contributed by atoms with Crippen LogP contribution in [-0.4, -0.2) is 51.4 Å². The van der Waals surface area contributed by atoms with Gasteiger partial charge >= 0.3 is 4.87 Å². The quantitative estimate of drug-likeness (QED) is 0.808. The summed E-state index contributed by atoms with van der Waals surface area (Å²) in [6, 6.07) is 0. The van der Waals surface area contributed by atoms with Gasteiger partial charge in [0.15, 0.2) is 0 Å². The number of amides is 1. The molecule has 24 heavy (non-hydrogen) atoms. The van der Waals surface area contributed by atoms with Gasteiger partial charge in [-0.2, -0.15) is 0 Å². The predicted molar refractivity (Wildman–Crippen MR) is 96.6 cm³/mol. The Morgan fingerprint density at radius 2 is 2.00 bits per heavy atom. The third kappa shape index (κ3) is 4.12. The van der Waals surface area contributed by atoms with Gasteiger partial charge in [0.25, 0.3) is 0 Å². The van der Waals surface area contributed by atoms with Crippen LogP contribution < -0.4 is 4.87 Å². The van der Waals surface area contributed by atoms with Crippen LogP contribution in [0, 0.1) is 13.8 Å². The summed E-state index contributed by atoms with van der Waals surface area (Å²) in [4.78, 5) is 33.9. The van der Waals surface area contributed by atoms with Crippen LogP contribution in [0.5, 0.6) is 0 Å². The highest BCUT2D eigenvalue weighted by atomic mass is 32.1. The molecule has 0 spiro atoms. The van der Waals surface area contributed by atoms with E-state index >= 15 is 0 Å². The highest BCUT2D eigenvalue weighted by Crippen LogP contribution is 2.15. The fourth-order valence-corrected chi connectivity index (χ4v) is 4.49. The molecule has 0 unspecified atom stereocenters. The molecule has 3 rings (SSSR count). The van der Waals surface area contributed by atoms with Crippen LogP contribution in [0.3, 0.4) is 0 Å². The highest BCUT2D eigenvalue weighted by molar-refractivity contribution is 7.11. The molecule has 0 bridgehead atoms. The molecular formula is C16H22N4O2S2. The van der Waals surface area contributed by atoms with Crippen LogP contribution in [-0.2, 0) is 17.9 Å². The van der Waals surface area contributed by atoms with Gasteiger partial charge < -0.3 is 9.47 Å². The molecule has 0 aliphatic carbocycles. The SMILES string of the molecule is Cc1ncc(CN2CCN(C(=O)CCn3c(C)csc3=O)CC2)s1. The lowest BCUT2D eigenvalue weighted by molar-refractivity contribution is -0.133. The van der Waals surface area contributed by atoms with Gasteiger partial charge in [0.1, 0.15) is 0 Å². The number of carbonyl (C=O) groups excluding carboxylic acids is 1. The number of nitrogens with zero attached hydrogens (tertiary/aromatic N) is 4. The van der Waals surface area contributed by atoms with E-state index in [-0.39, 0.29) is 10.8 Å². The van der Waals surface area contributed by atoms with Crippen molar-refractivity contribution in [1.29, 1.82) is 0 Å². The van der Waals surface area contributed by atoms with E-state index in [0.29, 0.717) is 13.0 Å². The predicted octanol–water partition coefficient (Wildman–Crippen LogP) is 1.72. The second-order valence-corrected chi connectivity index (χ2v) is 8.19. The van der Waals surface area contributed by atoms with E-state index in [1.807, 2.05) is 30.3 Å². The Labute approximate surface area is 149 Å². The third-order valence-electron chi connectivity index (χ3n) is 4.30. The minimum atomic E-state index is 0.0185. The van der Waals surface area contributed by atoms with Gasteiger partial charge in [-0.05, 0) is 13.8 Å². The molecule has 0 saturated carbocycles. The molecule has 2 aromatic heterocycles. The maximum Gasteiger partial charge on any atom is 0.307 e. The second kappa shape index (κ2) is 7.58. The molecule has 0 atom stereocenters. The van der Waals surface area contributed by atoms with E-state index in [1.165, 1.54) is 16.2 Å². The van der Waals surface area contributed by atoms with Gasteiger partial charge in [-0.25, -0.2) is 4.98 Å². The van der Waals surface area contributed by atoms with Crippen molar-refractivity contribution in [2.75, 3.05) is 26.2 Å². The summed E-state index contributed by atoms with van der Waals surface area (Å²) in [5.74, 6) is 0.140. The first-order chi connectivity index (χ1) is 11.5.